The fourth-order valence-electron chi connectivity index (χ4n) is 1.70. The van der Waals surface area contributed by atoms with Gasteiger partial charge in [0.15, 0.2) is 0 Å². The summed E-state index contributed by atoms with van der Waals surface area (Å²) >= 11 is -0.556. The summed E-state index contributed by atoms with van der Waals surface area (Å²) in [6.45, 7) is 10.6. The molecule has 1 aliphatic rings. The minimum atomic E-state index is -0.556. The van der Waals surface area contributed by atoms with Gasteiger partial charge in [-0.2, -0.15) is 56.7 Å². The van der Waals surface area contributed by atoms with Gasteiger partial charge in [0, 0.05) is 13.0 Å². The van der Waals surface area contributed by atoms with Crippen LogP contribution in [0.15, 0.2) is 47.6 Å². The van der Waals surface area contributed by atoms with E-state index in [0.29, 0.717) is 5.92 Å². The molecular formula is C18H26Cl2OTi-2. The van der Waals surface area contributed by atoms with E-state index in [0.717, 1.165) is 7.11 Å². The SMILES string of the molecule is CC1=C(C)C(c2[c-]cccc2)C=C1.CO.C[C-](C)C.[Cl][Ti][Cl]. The Kier molecular flexibility index (Phi) is 17.4. The second-order valence-corrected chi connectivity index (χ2v) is 7.67. The third-order valence-corrected chi connectivity index (χ3v) is 2.70. The summed E-state index contributed by atoms with van der Waals surface area (Å²) in [5, 5.41) is 7.00. The Morgan fingerprint density at radius 3 is 1.95 bits per heavy atom. The van der Waals surface area contributed by atoms with Crippen molar-refractivity contribution in [2.45, 2.75) is 40.5 Å². The molecule has 1 unspecified atom stereocenters. The Morgan fingerprint density at radius 1 is 1.14 bits per heavy atom. The Bertz CT molecular complexity index is 425. The molecule has 1 aromatic carbocycles. The summed E-state index contributed by atoms with van der Waals surface area (Å²) in [4.78, 5) is 0. The van der Waals surface area contributed by atoms with E-state index in [9.17, 15) is 0 Å². The van der Waals surface area contributed by atoms with E-state index >= 15 is 0 Å². The molecule has 1 aliphatic carbocycles. The molecule has 0 fully saturated rings. The standard InChI is InChI=1S/C13H13.C4H9.CH4O.2ClH.Ti/c1-10-8-9-13(11(10)2)12-6-4-3-5-7-12;1-4(2)3;1-2;;;/h3-6,8-9,13H,1-2H3;1-3H3;2H,1H3;2*1H;/q2*-1;;;;+2/p-2. The van der Waals surface area contributed by atoms with Crippen LogP contribution in [-0.4, -0.2) is 12.2 Å². The minimum absolute atomic E-state index is 0.459. The topological polar surface area (TPSA) is 20.2 Å². The van der Waals surface area contributed by atoms with Crippen LogP contribution in [0.2, 0.25) is 0 Å². The Morgan fingerprint density at radius 2 is 1.64 bits per heavy atom. The van der Waals surface area contributed by atoms with Crippen molar-refractivity contribution in [3.05, 3.63) is 65.1 Å². The predicted octanol–water partition coefficient (Wildman–Crippen LogP) is 6.08. The van der Waals surface area contributed by atoms with Gasteiger partial charge in [0.2, 0.25) is 0 Å². The summed E-state index contributed by atoms with van der Waals surface area (Å²) in [7, 11) is 10.8. The number of aliphatic hydroxyl groups excluding tert-OH is 1. The van der Waals surface area contributed by atoms with Gasteiger partial charge in [-0.05, 0) is 13.8 Å². The maximum atomic E-state index is 7.00. The third kappa shape index (κ3) is 11.5. The van der Waals surface area contributed by atoms with Gasteiger partial charge in [0.25, 0.3) is 0 Å². The maximum absolute atomic E-state index is 7.00. The zero-order chi connectivity index (χ0) is 17.5. The van der Waals surface area contributed by atoms with E-state index in [1.807, 2.05) is 12.1 Å². The van der Waals surface area contributed by atoms with Crippen LogP contribution in [-0.2, 0) is 17.0 Å². The number of halogens is 2. The Balaban J connectivity index is 0. The molecule has 2 rings (SSSR count). The van der Waals surface area contributed by atoms with Gasteiger partial charge < -0.3 is 11.0 Å². The number of hydrogen-bond acceptors (Lipinski definition) is 1. The van der Waals surface area contributed by atoms with Gasteiger partial charge in [-0.25, -0.2) is 0 Å². The fraction of sp³-hybridized carbons (Fsp3) is 0.389. The molecule has 0 amide bonds. The number of hydrogen-bond donors (Lipinski definition) is 1. The van der Waals surface area contributed by atoms with Crippen molar-refractivity contribution in [2.24, 2.45) is 0 Å². The summed E-state index contributed by atoms with van der Waals surface area (Å²) in [5.41, 5.74) is 4.11. The normalized spacial score (nSPS) is 15.1. The van der Waals surface area contributed by atoms with E-state index in [1.54, 1.807) is 0 Å². The van der Waals surface area contributed by atoms with Crippen molar-refractivity contribution in [1.29, 1.82) is 0 Å². The van der Waals surface area contributed by atoms with Gasteiger partial charge in [-0.15, -0.1) is 0 Å². The summed E-state index contributed by atoms with van der Waals surface area (Å²) in [5.74, 6) is 1.88. The van der Waals surface area contributed by atoms with Crippen LogP contribution >= 0.6 is 18.6 Å². The van der Waals surface area contributed by atoms with E-state index < -0.39 is 17.0 Å². The van der Waals surface area contributed by atoms with Crippen molar-refractivity contribution in [3.63, 3.8) is 0 Å². The molecule has 1 N–H and O–H groups in total. The summed E-state index contributed by atoms with van der Waals surface area (Å²) < 4.78 is 0. The van der Waals surface area contributed by atoms with Crippen molar-refractivity contribution < 1.29 is 22.1 Å². The van der Waals surface area contributed by atoms with E-state index in [-0.39, 0.29) is 0 Å². The van der Waals surface area contributed by atoms with Crippen molar-refractivity contribution in [1.82, 2.24) is 0 Å². The van der Waals surface area contributed by atoms with Gasteiger partial charge >= 0.3 is 35.6 Å². The number of benzene rings is 1. The quantitative estimate of drug-likeness (QED) is 0.464. The average molecular weight is 377 g/mol. The second-order valence-electron chi connectivity index (χ2n) is 5.09. The van der Waals surface area contributed by atoms with Gasteiger partial charge in [0.1, 0.15) is 0 Å². The molecule has 0 aromatic heterocycles. The van der Waals surface area contributed by atoms with Gasteiger partial charge in [-0.1, -0.05) is 23.3 Å². The molecule has 1 atom stereocenters. The van der Waals surface area contributed by atoms with Gasteiger partial charge in [0.05, 0.1) is 0 Å². The average Bonchev–Trinajstić information content (AvgIpc) is 2.82. The molecule has 0 heterocycles. The predicted molar refractivity (Wildman–Crippen MR) is 95.6 cm³/mol. The summed E-state index contributed by atoms with van der Waals surface area (Å²) in [6, 6.07) is 11.5. The molecule has 124 valence electrons. The molecule has 1 nitrogen and oxygen atoms in total. The molecule has 0 radical (unpaired) electrons. The monoisotopic (exact) mass is 376 g/mol. The van der Waals surface area contributed by atoms with Crippen molar-refractivity contribution in [3.8, 4) is 0 Å². The number of rotatable bonds is 1. The second kappa shape index (κ2) is 15.8. The zero-order valence-electron chi connectivity index (χ0n) is 14.2. The van der Waals surface area contributed by atoms with Crippen LogP contribution in [0.3, 0.4) is 0 Å². The first-order valence-electron chi connectivity index (χ1n) is 6.94. The van der Waals surface area contributed by atoms with Crippen LogP contribution in [0.25, 0.3) is 0 Å². The molecule has 0 bridgehead atoms. The van der Waals surface area contributed by atoms with Crippen molar-refractivity contribution >= 4 is 18.6 Å². The Hall–Kier alpha value is -0.0457. The first-order chi connectivity index (χ1) is 10.4. The summed E-state index contributed by atoms with van der Waals surface area (Å²) in [6.07, 6.45) is 4.44. The molecule has 0 saturated heterocycles. The van der Waals surface area contributed by atoms with Crippen LogP contribution in [0.4, 0.5) is 0 Å². The molecule has 0 saturated carbocycles. The fourth-order valence-corrected chi connectivity index (χ4v) is 1.70. The van der Waals surface area contributed by atoms with E-state index in [4.69, 9.17) is 23.7 Å². The van der Waals surface area contributed by atoms with Crippen LogP contribution in [0, 0.1) is 12.0 Å². The molecule has 4 heteroatoms. The zero-order valence-corrected chi connectivity index (χ0v) is 17.3. The van der Waals surface area contributed by atoms with E-state index in [2.05, 4.69) is 65.0 Å². The van der Waals surface area contributed by atoms with Gasteiger partial charge in [-0.3, -0.25) is 0 Å². The first-order valence-corrected chi connectivity index (χ1v) is 11.2. The molecule has 22 heavy (non-hydrogen) atoms. The van der Waals surface area contributed by atoms with Crippen LogP contribution in [0.5, 0.6) is 0 Å². The van der Waals surface area contributed by atoms with Crippen LogP contribution in [0.1, 0.15) is 46.1 Å². The first kappa shape index (κ1) is 24.2. The number of aliphatic hydroxyl groups is 1. The van der Waals surface area contributed by atoms with Crippen molar-refractivity contribution in [2.75, 3.05) is 7.11 Å². The third-order valence-electron chi connectivity index (χ3n) is 2.70. The molecular weight excluding hydrogens is 351 g/mol. The molecule has 1 aromatic rings. The van der Waals surface area contributed by atoms with Crippen LogP contribution < -0.4 is 0 Å². The molecule has 0 aliphatic heterocycles. The Labute approximate surface area is 153 Å². The molecule has 0 spiro atoms. The van der Waals surface area contributed by atoms with E-state index in [1.165, 1.54) is 22.6 Å². The number of allylic oxidation sites excluding steroid dienone is 4.